The second-order valence-corrected chi connectivity index (χ2v) is 8.53. The third kappa shape index (κ3) is 5.46. The smallest absolute Gasteiger partial charge is 0.245 e. The van der Waals surface area contributed by atoms with Crippen molar-refractivity contribution >= 4 is 17.6 Å². The number of piperazine rings is 1. The Bertz CT molecular complexity index is 635. The van der Waals surface area contributed by atoms with E-state index in [9.17, 15) is 9.59 Å². The van der Waals surface area contributed by atoms with Gasteiger partial charge in [0.05, 0.1) is 0 Å². The van der Waals surface area contributed by atoms with Gasteiger partial charge >= 0.3 is 0 Å². The van der Waals surface area contributed by atoms with E-state index < -0.39 is 6.04 Å². The number of carbonyl (C=O) groups is 2. The zero-order chi connectivity index (χ0) is 19.9. The topological polar surface area (TPSA) is 65.5 Å². The molecule has 2 heterocycles. The standard InChI is InChI=1S/C22H34N4O2/c1-17(2)16-19(24-21(27)18-8-4-3-5-9-18)22(28)26-14-12-25(13-15-26)20-10-6-7-11-23-20/h6-7,10-11,17-19H,3-5,8-9,12-16H2,1-2H3,(H,24,27)/t19-/m1/s1. The number of carbonyl (C=O) groups excluding carboxylic acids is 2. The molecule has 1 N–H and O–H groups in total. The summed E-state index contributed by atoms with van der Waals surface area (Å²) >= 11 is 0. The second kappa shape index (κ2) is 9.89. The summed E-state index contributed by atoms with van der Waals surface area (Å²) in [5, 5.41) is 3.10. The van der Waals surface area contributed by atoms with Crippen LogP contribution in [0.15, 0.2) is 24.4 Å². The second-order valence-electron chi connectivity index (χ2n) is 8.53. The molecule has 28 heavy (non-hydrogen) atoms. The van der Waals surface area contributed by atoms with Crippen LogP contribution in [0.25, 0.3) is 0 Å². The first-order valence-corrected chi connectivity index (χ1v) is 10.8. The van der Waals surface area contributed by atoms with Crippen molar-refractivity contribution < 1.29 is 9.59 Å². The summed E-state index contributed by atoms with van der Waals surface area (Å²) in [6, 6.07) is 5.49. The Morgan fingerprint density at radius 1 is 1.11 bits per heavy atom. The molecule has 1 aliphatic carbocycles. The van der Waals surface area contributed by atoms with Gasteiger partial charge in [0.25, 0.3) is 0 Å². The zero-order valence-corrected chi connectivity index (χ0v) is 17.3. The Balaban J connectivity index is 1.57. The molecule has 1 aromatic rings. The van der Waals surface area contributed by atoms with Crippen molar-refractivity contribution in [3.63, 3.8) is 0 Å². The van der Waals surface area contributed by atoms with Gasteiger partial charge in [-0.3, -0.25) is 9.59 Å². The summed E-state index contributed by atoms with van der Waals surface area (Å²) in [7, 11) is 0. The fourth-order valence-electron chi connectivity index (χ4n) is 4.26. The predicted molar refractivity (Wildman–Crippen MR) is 111 cm³/mol. The van der Waals surface area contributed by atoms with Crippen molar-refractivity contribution in [3.05, 3.63) is 24.4 Å². The highest BCUT2D eigenvalue weighted by Crippen LogP contribution is 2.24. The van der Waals surface area contributed by atoms with Gasteiger partial charge in [-0.25, -0.2) is 4.98 Å². The van der Waals surface area contributed by atoms with Gasteiger partial charge in [-0.05, 0) is 37.3 Å². The summed E-state index contributed by atoms with van der Waals surface area (Å²) in [6.45, 7) is 7.09. The predicted octanol–water partition coefficient (Wildman–Crippen LogP) is 2.84. The third-order valence-electron chi connectivity index (χ3n) is 5.86. The minimum absolute atomic E-state index is 0.0681. The van der Waals surface area contributed by atoms with Crippen molar-refractivity contribution in [2.45, 2.75) is 58.4 Å². The summed E-state index contributed by atoms with van der Waals surface area (Å²) in [5.41, 5.74) is 0. The van der Waals surface area contributed by atoms with E-state index in [2.05, 4.69) is 29.0 Å². The van der Waals surface area contributed by atoms with E-state index in [1.54, 1.807) is 6.20 Å². The molecular weight excluding hydrogens is 352 g/mol. The molecular formula is C22H34N4O2. The van der Waals surface area contributed by atoms with Crippen LogP contribution in [0.3, 0.4) is 0 Å². The van der Waals surface area contributed by atoms with E-state index in [1.807, 2.05) is 23.1 Å². The number of pyridine rings is 1. The minimum Gasteiger partial charge on any atom is -0.353 e. The van der Waals surface area contributed by atoms with Crippen LogP contribution in [0.1, 0.15) is 52.4 Å². The first-order valence-electron chi connectivity index (χ1n) is 10.8. The Labute approximate surface area is 168 Å². The van der Waals surface area contributed by atoms with Gasteiger partial charge in [-0.2, -0.15) is 0 Å². The fourth-order valence-corrected chi connectivity index (χ4v) is 4.26. The number of hydrogen-bond donors (Lipinski definition) is 1. The molecule has 1 aliphatic heterocycles. The van der Waals surface area contributed by atoms with Gasteiger partial charge in [0.2, 0.25) is 11.8 Å². The molecule has 2 amide bonds. The highest BCUT2D eigenvalue weighted by Gasteiger charge is 2.31. The average Bonchev–Trinajstić information content (AvgIpc) is 2.74. The average molecular weight is 387 g/mol. The first-order chi connectivity index (χ1) is 13.5. The van der Waals surface area contributed by atoms with Crippen LogP contribution in [0, 0.1) is 11.8 Å². The molecule has 0 aromatic carbocycles. The van der Waals surface area contributed by atoms with Crippen LogP contribution in [0.5, 0.6) is 0 Å². The lowest BCUT2D eigenvalue weighted by Crippen LogP contribution is -2.56. The number of nitrogens with one attached hydrogen (secondary N) is 1. The number of nitrogens with zero attached hydrogens (tertiary/aromatic N) is 3. The van der Waals surface area contributed by atoms with Crippen LogP contribution in [-0.4, -0.2) is 53.9 Å². The molecule has 0 spiro atoms. The van der Waals surface area contributed by atoms with Crippen molar-refractivity contribution in [1.29, 1.82) is 0 Å². The Morgan fingerprint density at radius 3 is 2.43 bits per heavy atom. The van der Waals surface area contributed by atoms with Crippen molar-refractivity contribution in [2.75, 3.05) is 31.1 Å². The number of hydrogen-bond acceptors (Lipinski definition) is 4. The fraction of sp³-hybridized carbons (Fsp3) is 0.682. The summed E-state index contributed by atoms with van der Waals surface area (Å²) in [4.78, 5) is 34.4. The minimum atomic E-state index is -0.407. The quantitative estimate of drug-likeness (QED) is 0.816. The van der Waals surface area contributed by atoms with E-state index in [4.69, 9.17) is 0 Å². The maximum Gasteiger partial charge on any atom is 0.245 e. The number of rotatable bonds is 6. The van der Waals surface area contributed by atoms with E-state index >= 15 is 0 Å². The van der Waals surface area contributed by atoms with Crippen molar-refractivity contribution in [2.24, 2.45) is 11.8 Å². The third-order valence-corrected chi connectivity index (χ3v) is 5.86. The van der Waals surface area contributed by atoms with Gasteiger partial charge < -0.3 is 15.1 Å². The lowest BCUT2D eigenvalue weighted by Gasteiger charge is -2.37. The summed E-state index contributed by atoms with van der Waals surface area (Å²) < 4.78 is 0. The van der Waals surface area contributed by atoms with Gasteiger partial charge in [0.1, 0.15) is 11.9 Å². The van der Waals surface area contributed by atoms with Gasteiger partial charge in [-0.15, -0.1) is 0 Å². The maximum absolute atomic E-state index is 13.2. The summed E-state index contributed by atoms with van der Waals surface area (Å²) in [6.07, 6.45) is 7.86. The van der Waals surface area contributed by atoms with Gasteiger partial charge in [0.15, 0.2) is 0 Å². The molecule has 6 heteroatoms. The normalized spacial score (nSPS) is 19.5. The molecule has 154 valence electrons. The van der Waals surface area contributed by atoms with E-state index in [-0.39, 0.29) is 17.7 Å². The number of anilines is 1. The highest BCUT2D eigenvalue weighted by molar-refractivity contribution is 5.88. The van der Waals surface area contributed by atoms with E-state index in [0.29, 0.717) is 25.4 Å². The molecule has 3 rings (SSSR count). The maximum atomic E-state index is 13.2. The Kier molecular flexibility index (Phi) is 7.29. The molecule has 0 unspecified atom stereocenters. The summed E-state index contributed by atoms with van der Waals surface area (Å²) in [5.74, 6) is 1.54. The first kappa shape index (κ1) is 20.6. The van der Waals surface area contributed by atoms with E-state index in [0.717, 1.165) is 44.6 Å². The van der Waals surface area contributed by atoms with E-state index in [1.165, 1.54) is 6.42 Å². The van der Waals surface area contributed by atoms with Crippen LogP contribution in [0.4, 0.5) is 5.82 Å². The van der Waals surface area contributed by atoms with Crippen LogP contribution < -0.4 is 10.2 Å². The van der Waals surface area contributed by atoms with Crippen LogP contribution in [0.2, 0.25) is 0 Å². The molecule has 2 aliphatic rings. The van der Waals surface area contributed by atoms with Crippen LogP contribution in [-0.2, 0) is 9.59 Å². The van der Waals surface area contributed by atoms with Gasteiger partial charge in [-0.1, -0.05) is 39.2 Å². The Hall–Kier alpha value is -2.11. The lowest BCUT2D eigenvalue weighted by molar-refractivity contribution is -0.138. The molecule has 2 fully saturated rings. The number of amides is 2. The van der Waals surface area contributed by atoms with Crippen LogP contribution >= 0.6 is 0 Å². The SMILES string of the molecule is CC(C)C[C@@H](NC(=O)C1CCCCC1)C(=O)N1CCN(c2ccccn2)CC1. The van der Waals surface area contributed by atoms with Crippen molar-refractivity contribution in [1.82, 2.24) is 15.2 Å². The molecule has 1 aromatic heterocycles. The molecule has 0 bridgehead atoms. The molecule has 6 nitrogen and oxygen atoms in total. The lowest BCUT2D eigenvalue weighted by atomic mass is 9.88. The molecule has 1 saturated heterocycles. The van der Waals surface area contributed by atoms with Crippen molar-refractivity contribution in [3.8, 4) is 0 Å². The molecule has 1 atom stereocenters. The zero-order valence-electron chi connectivity index (χ0n) is 17.3. The Morgan fingerprint density at radius 2 is 1.82 bits per heavy atom. The molecule has 1 saturated carbocycles. The number of aromatic nitrogens is 1. The highest BCUT2D eigenvalue weighted by atomic mass is 16.2. The largest absolute Gasteiger partial charge is 0.353 e. The van der Waals surface area contributed by atoms with Gasteiger partial charge in [0, 0.05) is 38.3 Å². The molecule has 0 radical (unpaired) electrons. The monoisotopic (exact) mass is 386 g/mol.